The second-order valence-corrected chi connectivity index (χ2v) is 11.6. The van der Waals surface area contributed by atoms with Gasteiger partial charge in [-0.05, 0) is 79.3 Å². The van der Waals surface area contributed by atoms with Gasteiger partial charge in [0.1, 0.15) is 12.4 Å². The van der Waals surface area contributed by atoms with Gasteiger partial charge < -0.3 is 14.4 Å². The molecule has 2 amide bonds. The molecule has 5 nitrogen and oxygen atoms in total. The molecule has 1 aromatic heterocycles. The minimum Gasteiger partial charge on any atom is -0.345 e. The molecule has 0 bridgehead atoms. The van der Waals surface area contributed by atoms with Crippen molar-refractivity contribution >= 4 is 11.8 Å². The molecule has 0 atom stereocenters. The van der Waals surface area contributed by atoms with Gasteiger partial charge in [-0.3, -0.25) is 9.59 Å². The van der Waals surface area contributed by atoms with Crippen LogP contribution >= 0.6 is 0 Å². The van der Waals surface area contributed by atoms with Gasteiger partial charge in [0.25, 0.3) is 5.91 Å². The van der Waals surface area contributed by atoms with Crippen LogP contribution in [0, 0.1) is 11.7 Å². The molecule has 0 radical (unpaired) electrons. The summed E-state index contributed by atoms with van der Waals surface area (Å²) in [6.07, 6.45) is 3.01. The molecule has 2 aromatic carbocycles. The number of amides is 2. The number of carbonyl (C=O) groups excluding carboxylic acids is 2. The van der Waals surface area contributed by atoms with Crippen LogP contribution in [0.15, 0.2) is 66.9 Å². The number of hydrogen-bond donors (Lipinski definition) is 0. The van der Waals surface area contributed by atoms with E-state index in [1.54, 1.807) is 12.1 Å². The number of carbonyl (C=O) groups is 2. The first-order valence-corrected chi connectivity index (χ1v) is 14.7. The van der Waals surface area contributed by atoms with E-state index in [0.29, 0.717) is 26.1 Å². The van der Waals surface area contributed by atoms with Crippen LogP contribution in [0.5, 0.6) is 0 Å². The molecule has 4 rings (SSSR count). The number of hydrogen-bond acceptors (Lipinski definition) is 2. The summed E-state index contributed by atoms with van der Waals surface area (Å²) in [5.74, 6) is -0.665. The monoisotopic (exact) mass is 585 g/mol. The number of benzene rings is 2. The summed E-state index contributed by atoms with van der Waals surface area (Å²) in [5, 5.41) is 0. The van der Waals surface area contributed by atoms with Crippen molar-refractivity contribution in [1.29, 1.82) is 0 Å². The lowest BCUT2D eigenvalue weighted by Gasteiger charge is -2.36. The molecule has 42 heavy (non-hydrogen) atoms. The van der Waals surface area contributed by atoms with Crippen molar-refractivity contribution in [2.45, 2.75) is 77.7 Å². The molecule has 0 saturated heterocycles. The molecule has 1 heterocycles. The van der Waals surface area contributed by atoms with E-state index in [1.165, 1.54) is 29.2 Å². The van der Waals surface area contributed by atoms with Gasteiger partial charge >= 0.3 is 6.18 Å². The number of rotatable bonds is 11. The van der Waals surface area contributed by atoms with Gasteiger partial charge in [0.15, 0.2) is 0 Å². The zero-order valence-electron chi connectivity index (χ0n) is 24.2. The van der Waals surface area contributed by atoms with E-state index in [-0.39, 0.29) is 35.8 Å². The van der Waals surface area contributed by atoms with Gasteiger partial charge in [0.05, 0.1) is 12.1 Å². The van der Waals surface area contributed by atoms with Crippen LogP contribution in [-0.2, 0) is 24.1 Å². The Kier molecular flexibility index (Phi) is 10.5. The fourth-order valence-electron chi connectivity index (χ4n) is 5.43. The lowest BCUT2D eigenvalue weighted by atomic mass is 9.94. The largest absolute Gasteiger partial charge is 0.416 e. The van der Waals surface area contributed by atoms with Crippen molar-refractivity contribution in [3.05, 3.63) is 95.1 Å². The molecule has 1 aliphatic carbocycles. The third-order valence-electron chi connectivity index (χ3n) is 7.91. The molecular weight excluding hydrogens is 546 g/mol. The highest BCUT2D eigenvalue weighted by Crippen LogP contribution is 2.29. The smallest absolute Gasteiger partial charge is 0.345 e. The van der Waals surface area contributed by atoms with Crippen LogP contribution in [0.1, 0.15) is 79.6 Å². The van der Waals surface area contributed by atoms with E-state index in [2.05, 4.69) is 0 Å². The van der Waals surface area contributed by atoms with Crippen molar-refractivity contribution in [3.8, 4) is 0 Å². The van der Waals surface area contributed by atoms with E-state index in [9.17, 15) is 27.2 Å². The summed E-state index contributed by atoms with van der Waals surface area (Å²) in [7, 11) is 0. The Balaban J connectivity index is 1.55. The summed E-state index contributed by atoms with van der Waals surface area (Å²) in [6, 6.07) is 14.4. The van der Waals surface area contributed by atoms with E-state index >= 15 is 0 Å². The molecule has 1 saturated carbocycles. The second kappa shape index (κ2) is 14.0. The first-order chi connectivity index (χ1) is 20.0. The maximum absolute atomic E-state index is 14.0. The Labute approximate surface area is 245 Å². The lowest BCUT2D eigenvalue weighted by molar-refractivity contribution is -0.137. The summed E-state index contributed by atoms with van der Waals surface area (Å²) in [4.78, 5) is 30.8. The van der Waals surface area contributed by atoms with Gasteiger partial charge in [-0.15, -0.1) is 0 Å². The summed E-state index contributed by atoms with van der Waals surface area (Å²) >= 11 is 0. The predicted molar refractivity (Wildman–Crippen MR) is 154 cm³/mol. The average Bonchev–Trinajstić information content (AvgIpc) is 3.41. The molecule has 0 unspecified atom stereocenters. The minimum atomic E-state index is -4.50. The van der Waals surface area contributed by atoms with Crippen molar-refractivity contribution in [2.75, 3.05) is 13.1 Å². The van der Waals surface area contributed by atoms with E-state index in [0.717, 1.165) is 55.5 Å². The zero-order valence-corrected chi connectivity index (χ0v) is 24.2. The highest BCUT2D eigenvalue weighted by Gasteiger charge is 2.32. The maximum Gasteiger partial charge on any atom is 0.416 e. The Morgan fingerprint density at radius 1 is 0.952 bits per heavy atom. The molecular formula is C33H39F4N3O2. The number of alkyl halides is 3. The van der Waals surface area contributed by atoms with Crippen molar-refractivity contribution in [3.63, 3.8) is 0 Å². The van der Waals surface area contributed by atoms with Crippen LogP contribution in [0.3, 0.4) is 0 Å². The van der Waals surface area contributed by atoms with Gasteiger partial charge in [-0.25, -0.2) is 4.39 Å². The predicted octanol–water partition coefficient (Wildman–Crippen LogP) is 7.54. The molecule has 0 N–H and O–H groups in total. The molecule has 0 spiro atoms. The van der Waals surface area contributed by atoms with Gasteiger partial charge in [-0.1, -0.05) is 45.2 Å². The summed E-state index contributed by atoms with van der Waals surface area (Å²) in [5.41, 5.74) is 1.17. The first kappa shape index (κ1) is 31.3. The Morgan fingerprint density at radius 2 is 1.62 bits per heavy atom. The number of halogens is 4. The van der Waals surface area contributed by atoms with Gasteiger partial charge in [-0.2, -0.15) is 13.2 Å². The molecule has 0 aliphatic heterocycles. The van der Waals surface area contributed by atoms with Crippen LogP contribution in [0.2, 0.25) is 0 Å². The number of aromatic nitrogens is 1. The SMILES string of the molecule is CC(C)CCN(CC(=O)N(Cc1cccn1Cc1ccc(F)cc1)C1CCCCC1)C(=O)c1ccc(C(F)(F)F)cc1. The lowest BCUT2D eigenvalue weighted by Crippen LogP contribution is -2.48. The normalized spacial score (nSPS) is 14.3. The van der Waals surface area contributed by atoms with Crippen LogP contribution in [-0.4, -0.2) is 45.3 Å². The summed E-state index contributed by atoms with van der Waals surface area (Å²) in [6.45, 7) is 5.11. The fraction of sp³-hybridized carbons (Fsp3) is 0.455. The molecule has 1 fully saturated rings. The van der Waals surface area contributed by atoms with E-state index in [4.69, 9.17) is 0 Å². The second-order valence-electron chi connectivity index (χ2n) is 11.6. The van der Waals surface area contributed by atoms with Crippen molar-refractivity contribution < 1.29 is 27.2 Å². The maximum atomic E-state index is 14.0. The van der Waals surface area contributed by atoms with Gasteiger partial charge in [0.2, 0.25) is 5.91 Å². The standard InChI is InChI=1S/C33H39F4N3O2/c1-24(2)18-20-39(32(42)26-12-14-27(15-13-26)33(35,36)37)23-31(41)40(29-7-4-3-5-8-29)22-30-9-6-19-38(30)21-25-10-16-28(34)17-11-25/h6,9-17,19,24,29H,3-5,7-8,18,20-23H2,1-2H3. The summed E-state index contributed by atoms with van der Waals surface area (Å²) < 4.78 is 54.7. The topological polar surface area (TPSA) is 45.6 Å². The van der Waals surface area contributed by atoms with Crippen molar-refractivity contribution in [2.24, 2.45) is 5.92 Å². The van der Waals surface area contributed by atoms with E-state index < -0.39 is 17.6 Å². The van der Waals surface area contributed by atoms with Crippen LogP contribution in [0.4, 0.5) is 17.6 Å². The Hall–Kier alpha value is -3.62. The fourth-order valence-corrected chi connectivity index (χ4v) is 5.43. The molecule has 1 aliphatic rings. The Bertz CT molecular complexity index is 1310. The first-order valence-electron chi connectivity index (χ1n) is 14.7. The minimum absolute atomic E-state index is 0.0357. The Morgan fingerprint density at radius 3 is 2.24 bits per heavy atom. The van der Waals surface area contributed by atoms with Crippen LogP contribution < -0.4 is 0 Å². The number of nitrogens with zero attached hydrogens (tertiary/aromatic N) is 3. The highest BCUT2D eigenvalue weighted by molar-refractivity contribution is 5.96. The van der Waals surface area contributed by atoms with Gasteiger partial charge in [0, 0.05) is 36.6 Å². The van der Waals surface area contributed by atoms with Crippen molar-refractivity contribution in [1.82, 2.24) is 14.4 Å². The van der Waals surface area contributed by atoms with Crippen LogP contribution in [0.25, 0.3) is 0 Å². The third kappa shape index (κ3) is 8.46. The molecule has 9 heteroatoms. The molecule has 226 valence electrons. The zero-order chi connectivity index (χ0) is 30.3. The average molecular weight is 586 g/mol. The highest BCUT2D eigenvalue weighted by atomic mass is 19.4. The van der Waals surface area contributed by atoms with E-state index in [1.807, 2.05) is 41.6 Å². The third-order valence-corrected chi connectivity index (χ3v) is 7.91. The quantitative estimate of drug-likeness (QED) is 0.218. The molecule has 3 aromatic rings.